The topological polar surface area (TPSA) is 3.01 Å². The van der Waals surface area contributed by atoms with E-state index in [1.54, 1.807) is 12.1 Å². The first-order valence-corrected chi connectivity index (χ1v) is 19.3. The van der Waals surface area contributed by atoms with Gasteiger partial charge in [0.2, 0.25) is 0 Å². The van der Waals surface area contributed by atoms with Crippen molar-refractivity contribution in [2.75, 3.05) is 4.90 Å². The molecular formula is C28H36F3NSi2. The Labute approximate surface area is 204 Å². The lowest BCUT2D eigenvalue weighted by Crippen LogP contribution is -2.16. The lowest BCUT2D eigenvalue weighted by atomic mass is 10.0. The number of halogens is 3. The van der Waals surface area contributed by atoms with Gasteiger partial charge in [-0.2, -0.15) is 13.2 Å². The van der Waals surface area contributed by atoms with Gasteiger partial charge in [0.05, 0.1) is 33.8 Å². The van der Waals surface area contributed by atoms with Gasteiger partial charge in [-0.1, -0.05) is 93.2 Å². The van der Waals surface area contributed by atoms with Gasteiger partial charge in [0.1, 0.15) is 0 Å². The Balaban J connectivity index is 1.65. The number of allylic oxidation sites excluding steroid dienone is 1. The van der Waals surface area contributed by atoms with Crippen LogP contribution in [0, 0.1) is 11.8 Å². The minimum atomic E-state index is -4.30. The van der Waals surface area contributed by atoms with E-state index in [1.165, 1.54) is 17.8 Å². The monoisotopic (exact) mass is 499 g/mol. The highest BCUT2D eigenvalue weighted by Gasteiger charge is 2.64. The Hall–Kier alpha value is -2.06. The van der Waals surface area contributed by atoms with Crippen molar-refractivity contribution in [1.29, 1.82) is 0 Å². The van der Waals surface area contributed by atoms with E-state index in [-0.39, 0.29) is 5.92 Å². The van der Waals surface area contributed by atoms with Crippen molar-refractivity contribution in [2.45, 2.75) is 63.5 Å². The number of hydrogen-bond donors (Lipinski definition) is 0. The lowest BCUT2D eigenvalue weighted by molar-refractivity contribution is -0.137. The van der Waals surface area contributed by atoms with Gasteiger partial charge in [0, 0.05) is 5.69 Å². The van der Waals surface area contributed by atoms with Gasteiger partial charge in [-0.15, -0.1) is 0 Å². The first-order chi connectivity index (χ1) is 15.8. The largest absolute Gasteiger partial charge is 0.416 e. The second-order valence-electron chi connectivity index (χ2n) is 12.0. The molecule has 0 bridgehead atoms. The first-order valence-electron chi connectivity index (χ1n) is 12.2. The Morgan fingerprint density at radius 3 is 1.85 bits per heavy atom. The highest BCUT2D eigenvalue weighted by atomic mass is 28.3. The van der Waals surface area contributed by atoms with Crippen molar-refractivity contribution >= 4 is 21.8 Å². The fourth-order valence-corrected chi connectivity index (χ4v) is 6.58. The maximum Gasteiger partial charge on any atom is 0.416 e. The average Bonchev–Trinajstić information content (AvgIpc) is 3.62. The molecule has 4 rings (SSSR count). The third-order valence-corrected chi connectivity index (χ3v) is 9.10. The first kappa shape index (κ1) is 25.0. The van der Waals surface area contributed by atoms with Crippen molar-refractivity contribution < 1.29 is 13.2 Å². The minimum absolute atomic E-state index is 0.261. The number of para-hydroxylation sites is 1. The Morgan fingerprint density at radius 2 is 1.32 bits per heavy atom. The third-order valence-electron chi connectivity index (χ3n) is 6.72. The van der Waals surface area contributed by atoms with Gasteiger partial charge in [-0.3, -0.25) is 0 Å². The van der Waals surface area contributed by atoms with Gasteiger partial charge in [0.25, 0.3) is 0 Å². The molecule has 0 N–H and O–H groups in total. The number of anilines is 1. The van der Waals surface area contributed by atoms with Crippen LogP contribution in [0.5, 0.6) is 0 Å². The number of benzene rings is 2. The standard InChI is InChI=1S/C28H36F3NSi2/c1-33(2,3)18-16-23-25(20-12-14-21(15-13-20)28(29,30)31)26(23)27-24(17-19-34(4,5)6)32(27)22-10-8-7-9-11-22/h7-19,23-27H,1-6H3/b18-16+,19-17+/t23-,24-,25-,26+,27+,32?/m0/s1. The molecule has 0 amide bonds. The number of rotatable bonds is 7. The SMILES string of the molecule is C[Si](C)(C)/C=C/[C@H]1[C@H](c2ccc(C(F)(F)F)cc2)[C@@H]1[C@H]1[C@H](/C=C/[Si](C)(C)C)N1c1ccccc1. The lowest BCUT2D eigenvalue weighted by Gasteiger charge is -2.08. The zero-order chi connectivity index (χ0) is 24.9. The summed E-state index contributed by atoms with van der Waals surface area (Å²) >= 11 is 0. The van der Waals surface area contributed by atoms with Gasteiger partial charge in [0.15, 0.2) is 0 Å². The summed E-state index contributed by atoms with van der Waals surface area (Å²) in [6.45, 7) is 14.0. The molecule has 2 aromatic rings. The molecule has 2 aromatic carbocycles. The van der Waals surface area contributed by atoms with Gasteiger partial charge >= 0.3 is 6.18 Å². The second kappa shape index (κ2) is 8.87. The van der Waals surface area contributed by atoms with Crippen LogP contribution in [0.25, 0.3) is 0 Å². The summed E-state index contributed by atoms with van der Waals surface area (Å²) in [4.78, 5) is 2.50. The van der Waals surface area contributed by atoms with Crippen molar-refractivity contribution in [3.8, 4) is 0 Å². The highest BCUT2D eigenvalue weighted by Crippen LogP contribution is 2.63. The molecule has 1 saturated heterocycles. The molecule has 1 aliphatic carbocycles. The van der Waals surface area contributed by atoms with E-state index in [2.05, 4.69) is 92.0 Å². The molecule has 0 spiro atoms. The summed E-state index contributed by atoms with van der Waals surface area (Å²) < 4.78 is 39.4. The molecule has 1 saturated carbocycles. The van der Waals surface area contributed by atoms with Crippen LogP contribution < -0.4 is 4.90 Å². The van der Waals surface area contributed by atoms with Crippen molar-refractivity contribution in [3.05, 3.63) is 89.3 Å². The number of hydrogen-bond acceptors (Lipinski definition) is 1. The predicted molar refractivity (Wildman–Crippen MR) is 143 cm³/mol. The van der Waals surface area contributed by atoms with E-state index >= 15 is 0 Å². The normalized spacial score (nSPS) is 27.6. The van der Waals surface area contributed by atoms with Crippen LogP contribution >= 0.6 is 0 Å². The van der Waals surface area contributed by atoms with Crippen molar-refractivity contribution in [3.63, 3.8) is 0 Å². The molecule has 1 aliphatic heterocycles. The van der Waals surface area contributed by atoms with Gasteiger partial charge in [-0.25, -0.2) is 0 Å². The number of nitrogens with zero attached hydrogens (tertiary/aromatic N) is 1. The summed E-state index contributed by atoms with van der Waals surface area (Å²) in [6.07, 6.45) is 0.470. The van der Waals surface area contributed by atoms with Crippen LogP contribution in [0.2, 0.25) is 39.3 Å². The minimum Gasteiger partial charge on any atom is -0.357 e. The molecule has 1 heterocycles. The second-order valence-corrected chi connectivity index (χ2v) is 22.1. The fourth-order valence-electron chi connectivity index (χ4n) is 5.01. The van der Waals surface area contributed by atoms with Crippen molar-refractivity contribution in [2.24, 2.45) is 11.8 Å². The van der Waals surface area contributed by atoms with Crippen LogP contribution in [-0.4, -0.2) is 28.2 Å². The fraction of sp³-hybridized carbons (Fsp3) is 0.429. The summed E-state index contributed by atoms with van der Waals surface area (Å²) in [7, 11) is -2.72. The zero-order valence-corrected chi connectivity index (χ0v) is 23.0. The molecule has 6 heteroatoms. The molecule has 182 valence electrons. The summed E-state index contributed by atoms with van der Waals surface area (Å²) in [5, 5.41) is 0. The molecule has 34 heavy (non-hydrogen) atoms. The van der Waals surface area contributed by atoms with Crippen LogP contribution in [0.3, 0.4) is 0 Å². The maximum atomic E-state index is 13.1. The number of alkyl halides is 3. The van der Waals surface area contributed by atoms with E-state index in [9.17, 15) is 13.2 Å². The van der Waals surface area contributed by atoms with E-state index in [0.717, 1.165) is 5.56 Å². The maximum absolute atomic E-state index is 13.1. The smallest absolute Gasteiger partial charge is 0.357 e. The highest BCUT2D eigenvalue weighted by molar-refractivity contribution is 6.81. The molecular weight excluding hydrogens is 463 g/mol. The molecule has 0 unspecified atom stereocenters. The van der Waals surface area contributed by atoms with E-state index < -0.39 is 27.9 Å². The molecule has 2 aliphatic rings. The average molecular weight is 500 g/mol. The molecule has 0 aromatic heterocycles. The van der Waals surface area contributed by atoms with E-state index in [4.69, 9.17) is 0 Å². The van der Waals surface area contributed by atoms with Crippen LogP contribution in [0.1, 0.15) is 17.0 Å². The predicted octanol–water partition coefficient (Wildman–Crippen LogP) is 8.16. The summed E-state index contributed by atoms with van der Waals surface area (Å²) in [5.41, 5.74) is 6.50. The van der Waals surface area contributed by atoms with E-state index in [1.807, 2.05) is 6.07 Å². The molecule has 1 nitrogen and oxygen atoms in total. The zero-order valence-electron chi connectivity index (χ0n) is 21.0. The summed E-state index contributed by atoms with van der Waals surface area (Å²) in [6, 6.07) is 17.1. The Kier molecular flexibility index (Phi) is 6.53. The van der Waals surface area contributed by atoms with Crippen LogP contribution in [0.15, 0.2) is 78.1 Å². The van der Waals surface area contributed by atoms with Crippen molar-refractivity contribution in [1.82, 2.24) is 0 Å². The third kappa shape index (κ3) is 5.77. The quantitative estimate of drug-likeness (QED) is 0.274. The molecule has 5 atom stereocenters. The van der Waals surface area contributed by atoms with Gasteiger partial charge in [-0.05, 0) is 47.6 Å². The van der Waals surface area contributed by atoms with Crippen LogP contribution in [0.4, 0.5) is 18.9 Å². The van der Waals surface area contributed by atoms with Gasteiger partial charge < -0.3 is 4.90 Å². The Morgan fingerprint density at radius 1 is 0.765 bits per heavy atom. The Bertz CT molecular complexity index is 1050. The summed E-state index contributed by atoms with van der Waals surface area (Å²) in [5.74, 6) is 1.03. The van der Waals surface area contributed by atoms with Crippen LogP contribution in [-0.2, 0) is 6.18 Å². The van der Waals surface area contributed by atoms with E-state index in [0.29, 0.717) is 23.9 Å². The molecule has 0 radical (unpaired) electrons. The molecule has 2 fully saturated rings.